The Labute approximate surface area is 78.4 Å². The summed E-state index contributed by atoms with van der Waals surface area (Å²) < 4.78 is 4.83. The lowest BCUT2D eigenvalue weighted by atomic mass is 10.0. The molecule has 0 radical (unpaired) electrons. The number of unbranched alkanes of at least 4 members (excludes halogenated alkanes) is 2. The van der Waals surface area contributed by atoms with Crippen LogP contribution in [-0.4, -0.2) is 16.9 Å². The minimum absolute atomic E-state index is 0.434. The first-order chi connectivity index (χ1) is 6.08. The van der Waals surface area contributed by atoms with Crippen molar-refractivity contribution in [2.24, 2.45) is 0 Å². The van der Waals surface area contributed by atoms with E-state index >= 15 is 0 Å². The van der Waals surface area contributed by atoms with Crippen LogP contribution in [0, 0.1) is 0 Å². The van der Waals surface area contributed by atoms with Crippen molar-refractivity contribution in [2.45, 2.75) is 45.3 Å². The normalized spacial score (nSPS) is 27.3. The van der Waals surface area contributed by atoms with Gasteiger partial charge in [-0.2, -0.15) is 0 Å². The molecule has 0 saturated heterocycles. The molecule has 13 heavy (non-hydrogen) atoms. The minimum atomic E-state index is -1.31. The second-order valence-electron chi connectivity index (χ2n) is 3.49. The highest BCUT2D eigenvalue weighted by molar-refractivity contribution is 5.86. The van der Waals surface area contributed by atoms with Crippen LogP contribution in [0.25, 0.3) is 0 Å². The molecule has 74 valence electrons. The summed E-state index contributed by atoms with van der Waals surface area (Å²) in [6, 6.07) is 0. The standard InChI is InChI=1S/C10H16O3/c1-3-4-5-6-10(12)8(2)7-9(11)13-10/h7,12H,3-6H2,1-2H3. The number of aliphatic hydroxyl groups is 1. The number of carbonyl (C=O) groups is 1. The Hall–Kier alpha value is -0.830. The molecule has 1 N–H and O–H groups in total. The Balaban J connectivity index is 2.48. The first kappa shape index (κ1) is 10.3. The first-order valence-electron chi connectivity index (χ1n) is 4.72. The molecule has 1 rings (SSSR count). The van der Waals surface area contributed by atoms with Gasteiger partial charge in [0.25, 0.3) is 0 Å². The topological polar surface area (TPSA) is 46.5 Å². The Kier molecular flexibility index (Phi) is 3.09. The molecular formula is C10H16O3. The van der Waals surface area contributed by atoms with Gasteiger partial charge in [-0.3, -0.25) is 0 Å². The predicted molar refractivity (Wildman–Crippen MR) is 48.9 cm³/mol. The maximum absolute atomic E-state index is 10.8. The van der Waals surface area contributed by atoms with Crippen LogP contribution in [0.5, 0.6) is 0 Å². The second kappa shape index (κ2) is 3.92. The van der Waals surface area contributed by atoms with Crippen LogP contribution in [-0.2, 0) is 9.53 Å². The average molecular weight is 184 g/mol. The van der Waals surface area contributed by atoms with E-state index in [2.05, 4.69) is 6.92 Å². The molecule has 3 heteroatoms. The monoisotopic (exact) mass is 184 g/mol. The van der Waals surface area contributed by atoms with Crippen molar-refractivity contribution >= 4 is 5.97 Å². The predicted octanol–water partition coefficient (Wildman–Crippen LogP) is 1.76. The van der Waals surface area contributed by atoms with Crippen molar-refractivity contribution in [3.05, 3.63) is 11.6 Å². The molecule has 0 aromatic rings. The molecule has 0 aromatic carbocycles. The molecule has 1 aliphatic heterocycles. The van der Waals surface area contributed by atoms with Crippen LogP contribution in [0.4, 0.5) is 0 Å². The molecule has 1 aliphatic rings. The van der Waals surface area contributed by atoms with Gasteiger partial charge in [-0.15, -0.1) is 0 Å². The Bertz CT molecular complexity index is 232. The van der Waals surface area contributed by atoms with E-state index in [1.54, 1.807) is 6.92 Å². The molecule has 0 amide bonds. The van der Waals surface area contributed by atoms with E-state index in [0.717, 1.165) is 19.3 Å². The van der Waals surface area contributed by atoms with E-state index in [4.69, 9.17) is 4.74 Å². The molecule has 0 fully saturated rings. The summed E-state index contributed by atoms with van der Waals surface area (Å²) >= 11 is 0. The van der Waals surface area contributed by atoms with Crippen LogP contribution in [0.1, 0.15) is 39.5 Å². The van der Waals surface area contributed by atoms with Crippen LogP contribution >= 0.6 is 0 Å². The molecule has 0 saturated carbocycles. The van der Waals surface area contributed by atoms with E-state index in [1.807, 2.05) is 0 Å². The third-order valence-electron chi connectivity index (χ3n) is 2.34. The molecule has 0 bridgehead atoms. The van der Waals surface area contributed by atoms with Crippen LogP contribution in [0.15, 0.2) is 11.6 Å². The summed E-state index contributed by atoms with van der Waals surface area (Å²) in [5.41, 5.74) is 0.619. The summed E-state index contributed by atoms with van der Waals surface area (Å²) in [4.78, 5) is 10.8. The highest BCUT2D eigenvalue weighted by Gasteiger charge is 2.37. The SMILES string of the molecule is CCCCCC1(O)OC(=O)C=C1C. The summed E-state index contributed by atoms with van der Waals surface area (Å²) in [6.45, 7) is 3.81. The van der Waals surface area contributed by atoms with Crippen molar-refractivity contribution < 1.29 is 14.6 Å². The van der Waals surface area contributed by atoms with Crippen molar-refractivity contribution in [3.63, 3.8) is 0 Å². The smallest absolute Gasteiger partial charge is 0.333 e. The fourth-order valence-electron chi connectivity index (χ4n) is 1.43. The van der Waals surface area contributed by atoms with Crippen molar-refractivity contribution in [3.8, 4) is 0 Å². The van der Waals surface area contributed by atoms with Crippen molar-refractivity contribution in [1.82, 2.24) is 0 Å². The van der Waals surface area contributed by atoms with Gasteiger partial charge in [0.1, 0.15) is 0 Å². The van der Waals surface area contributed by atoms with E-state index in [0.29, 0.717) is 12.0 Å². The third-order valence-corrected chi connectivity index (χ3v) is 2.34. The number of cyclic esters (lactones) is 1. The average Bonchev–Trinajstić information content (AvgIpc) is 2.27. The van der Waals surface area contributed by atoms with Crippen LogP contribution in [0.2, 0.25) is 0 Å². The zero-order valence-corrected chi connectivity index (χ0v) is 8.17. The molecule has 1 unspecified atom stereocenters. The molecule has 3 nitrogen and oxygen atoms in total. The summed E-state index contributed by atoms with van der Waals surface area (Å²) in [5.74, 6) is -1.75. The lowest BCUT2D eigenvalue weighted by Crippen LogP contribution is -2.30. The molecule has 1 heterocycles. The lowest BCUT2D eigenvalue weighted by Gasteiger charge is -2.22. The van der Waals surface area contributed by atoms with Gasteiger partial charge in [-0.25, -0.2) is 4.79 Å². The van der Waals surface area contributed by atoms with E-state index < -0.39 is 11.8 Å². The van der Waals surface area contributed by atoms with Gasteiger partial charge in [-0.1, -0.05) is 19.8 Å². The molecule has 0 spiro atoms. The third kappa shape index (κ3) is 2.31. The van der Waals surface area contributed by atoms with E-state index in [1.165, 1.54) is 6.08 Å². The molecular weight excluding hydrogens is 168 g/mol. The van der Waals surface area contributed by atoms with Crippen molar-refractivity contribution in [1.29, 1.82) is 0 Å². The van der Waals surface area contributed by atoms with Gasteiger partial charge in [0.05, 0.1) is 0 Å². The van der Waals surface area contributed by atoms with Crippen molar-refractivity contribution in [2.75, 3.05) is 0 Å². The largest absolute Gasteiger partial charge is 0.426 e. The number of esters is 1. The van der Waals surface area contributed by atoms with Gasteiger partial charge in [0.2, 0.25) is 5.79 Å². The summed E-state index contributed by atoms with van der Waals surface area (Å²) in [6.07, 6.45) is 4.88. The highest BCUT2D eigenvalue weighted by atomic mass is 16.7. The van der Waals surface area contributed by atoms with E-state index in [9.17, 15) is 9.90 Å². The molecule has 1 atom stereocenters. The number of rotatable bonds is 4. The number of hydrogen-bond acceptors (Lipinski definition) is 3. The molecule has 0 aromatic heterocycles. The quantitative estimate of drug-likeness (QED) is 0.535. The minimum Gasteiger partial charge on any atom is -0.426 e. The molecule has 0 aliphatic carbocycles. The number of hydrogen-bond donors (Lipinski definition) is 1. The first-order valence-corrected chi connectivity index (χ1v) is 4.72. The maximum atomic E-state index is 10.8. The van der Waals surface area contributed by atoms with E-state index in [-0.39, 0.29) is 0 Å². The Morgan fingerprint density at radius 3 is 2.69 bits per heavy atom. The van der Waals surface area contributed by atoms with Gasteiger partial charge in [0.15, 0.2) is 0 Å². The van der Waals surface area contributed by atoms with Gasteiger partial charge < -0.3 is 9.84 Å². The Morgan fingerprint density at radius 1 is 1.54 bits per heavy atom. The van der Waals surface area contributed by atoms with Crippen LogP contribution < -0.4 is 0 Å². The fourth-order valence-corrected chi connectivity index (χ4v) is 1.43. The summed E-state index contributed by atoms with van der Waals surface area (Å²) in [7, 11) is 0. The number of ether oxygens (including phenoxy) is 1. The Morgan fingerprint density at radius 2 is 2.23 bits per heavy atom. The van der Waals surface area contributed by atoms with Gasteiger partial charge >= 0.3 is 5.97 Å². The fraction of sp³-hybridized carbons (Fsp3) is 0.700. The lowest BCUT2D eigenvalue weighted by molar-refractivity contribution is -0.183. The second-order valence-corrected chi connectivity index (χ2v) is 3.49. The highest BCUT2D eigenvalue weighted by Crippen LogP contribution is 2.30. The van der Waals surface area contributed by atoms with Gasteiger partial charge in [-0.05, 0) is 13.3 Å². The zero-order chi connectivity index (χ0) is 9.90. The van der Waals surface area contributed by atoms with Crippen LogP contribution in [0.3, 0.4) is 0 Å². The zero-order valence-electron chi connectivity index (χ0n) is 8.17. The summed E-state index contributed by atoms with van der Waals surface area (Å²) in [5, 5.41) is 9.85. The maximum Gasteiger partial charge on any atom is 0.333 e. The number of carbonyl (C=O) groups excluding carboxylic acids is 1. The van der Waals surface area contributed by atoms with Gasteiger partial charge in [0, 0.05) is 18.1 Å².